The summed E-state index contributed by atoms with van der Waals surface area (Å²) < 4.78 is 16.7. The van der Waals surface area contributed by atoms with Gasteiger partial charge in [0, 0.05) is 5.54 Å². The molecule has 0 amide bonds. The first-order valence-electron chi connectivity index (χ1n) is 8.50. The van der Waals surface area contributed by atoms with Gasteiger partial charge in [0.15, 0.2) is 0 Å². The molecule has 2 N–H and O–H groups in total. The molecule has 4 aliphatic carbocycles. The monoisotopic (exact) mass is 399 g/mol. The second kappa shape index (κ2) is 7.02. The Kier molecular flexibility index (Phi) is 5.76. The summed E-state index contributed by atoms with van der Waals surface area (Å²) in [5, 5.41) is 3.56. The van der Waals surface area contributed by atoms with Gasteiger partial charge in [0.1, 0.15) is 0 Å². The molecule has 2 unspecified atom stereocenters. The SMILES string of the molecule is CCOP(O)(=S)OP(=S)(NC12CC3CC(CC(C3)C1)C2)OCC. The van der Waals surface area contributed by atoms with Gasteiger partial charge in [-0.2, -0.15) is 0 Å². The minimum Gasteiger partial charge on any atom is -0.324 e. The zero-order chi connectivity index (χ0) is 16.7. The third kappa shape index (κ3) is 4.45. The Balaban J connectivity index is 1.77. The fourth-order valence-electron chi connectivity index (χ4n) is 5.11. The Hall–Kier alpha value is 1.10. The molecule has 134 valence electrons. The van der Waals surface area contributed by atoms with E-state index in [1.807, 2.05) is 6.92 Å². The lowest BCUT2D eigenvalue weighted by molar-refractivity contribution is -0.0104. The van der Waals surface area contributed by atoms with Crippen molar-refractivity contribution in [2.75, 3.05) is 13.2 Å². The molecule has 0 aromatic carbocycles. The van der Waals surface area contributed by atoms with Crippen LogP contribution in [0.1, 0.15) is 52.4 Å². The largest absolute Gasteiger partial charge is 0.331 e. The number of hydrogen-bond acceptors (Lipinski definition) is 5. The van der Waals surface area contributed by atoms with Gasteiger partial charge in [0.05, 0.1) is 13.2 Å². The Morgan fingerprint density at radius 2 is 1.48 bits per heavy atom. The van der Waals surface area contributed by atoms with Gasteiger partial charge in [0.25, 0.3) is 6.64 Å². The number of rotatable bonds is 8. The minimum absolute atomic E-state index is 0.000988. The standard InChI is InChI=1S/C14H27NO4P2S2/c1-3-17-20(22,19-21(16,23)18-4-2)15-14-8-11-5-12(9-14)7-13(6-11)10-14/h11-13H,3-10H2,1-2H3,(H,15,22)(H,16,23). The first-order valence-corrected chi connectivity index (χ1v) is 13.7. The summed E-state index contributed by atoms with van der Waals surface area (Å²) in [5.41, 5.74) is 0.000988. The van der Waals surface area contributed by atoms with Gasteiger partial charge >= 0.3 is 6.72 Å². The maximum atomic E-state index is 10.2. The predicted molar refractivity (Wildman–Crippen MR) is 99.2 cm³/mol. The third-order valence-corrected chi connectivity index (χ3v) is 10.9. The minimum atomic E-state index is -3.36. The van der Waals surface area contributed by atoms with Crippen molar-refractivity contribution in [3.63, 3.8) is 0 Å². The van der Waals surface area contributed by atoms with E-state index in [-0.39, 0.29) is 5.54 Å². The van der Waals surface area contributed by atoms with E-state index in [1.165, 1.54) is 19.3 Å². The van der Waals surface area contributed by atoms with E-state index in [9.17, 15) is 4.89 Å². The lowest BCUT2D eigenvalue weighted by Crippen LogP contribution is -2.57. The number of hydrogen-bond donors (Lipinski definition) is 2. The summed E-state index contributed by atoms with van der Waals surface area (Å²) >= 11 is 10.8. The maximum absolute atomic E-state index is 10.2. The molecule has 0 saturated heterocycles. The van der Waals surface area contributed by atoms with E-state index in [0.717, 1.165) is 37.0 Å². The fraction of sp³-hybridized carbons (Fsp3) is 1.00. The molecule has 4 bridgehead atoms. The van der Waals surface area contributed by atoms with Crippen molar-refractivity contribution in [2.45, 2.75) is 57.9 Å². The van der Waals surface area contributed by atoms with Crippen molar-refractivity contribution in [3.05, 3.63) is 0 Å². The molecule has 4 aliphatic rings. The molecule has 4 fully saturated rings. The van der Waals surface area contributed by atoms with E-state index in [4.69, 9.17) is 37.0 Å². The highest BCUT2D eigenvalue weighted by Gasteiger charge is 2.53. The fourth-order valence-corrected chi connectivity index (χ4v) is 11.6. The van der Waals surface area contributed by atoms with Gasteiger partial charge in [-0.25, -0.2) is 9.40 Å². The molecule has 2 atom stereocenters. The Morgan fingerprint density at radius 3 is 1.91 bits per heavy atom. The molecule has 0 spiro atoms. The Labute approximate surface area is 149 Å². The van der Waals surface area contributed by atoms with Crippen LogP contribution in [0.3, 0.4) is 0 Å². The van der Waals surface area contributed by atoms with Crippen LogP contribution in [0, 0.1) is 17.8 Å². The molecular weight excluding hydrogens is 372 g/mol. The second-order valence-corrected chi connectivity index (χ2v) is 13.3. The average Bonchev–Trinajstić information content (AvgIpc) is 2.34. The highest BCUT2D eigenvalue weighted by atomic mass is 32.5. The van der Waals surface area contributed by atoms with Gasteiger partial charge in [0.2, 0.25) is 0 Å². The molecule has 9 heteroatoms. The average molecular weight is 399 g/mol. The lowest BCUT2D eigenvalue weighted by atomic mass is 9.53. The van der Waals surface area contributed by atoms with Crippen LogP contribution in [0.2, 0.25) is 0 Å². The molecule has 23 heavy (non-hydrogen) atoms. The zero-order valence-corrected chi connectivity index (χ0v) is 17.2. The highest BCUT2D eigenvalue weighted by Crippen LogP contribution is 2.65. The van der Waals surface area contributed by atoms with Gasteiger partial charge in [-0.05, 0) is 93.7 Å². The Bertz CT molecular complexity index is 510. The van der Waals surface area contributed by atoms with Crippen molar-refractivity contribution in [2.24, 2.45) is 17.8 Å². The van der Waals surface area contributed by atoms with E-state index in [2.05, 4.69) is 5.09 Å². The lowest BCUT2D eigenvalue weighted by Gasteiger charge is -2.57. The first-order chi connectivity index (χ1) is 10.8. The quantitative estimate of drug-likeness (QED) is 0.597. The van der Waals surface area contributed by atoms with Gasteiger partial charge in [-0.3, -0.25) is 0 Å². The first kappa shape index (κ1) is 18.9. The third-order valence-electron chi connectivity index (χ3n) is 5.21. The van der Waals surface area contributed by atoms with Crippen molar-refractivity contribution in [3.8, 4) is 0 Å². The Morgan fingerprint density at radius 1 is 1.00 bits per heavy atom. The molecule has 0 aliphatic heterocycles. The molecule has 5 nitrogen and oxygen atoms in total. The van der Waals surface area contributed by atoms with Gasteiger partial charge in [-0.1, -0.05) is 0 Å². The molecule has 4 rings (SSSR count). The van der Waals surface area contributed by atoms with Crippen LogP contribution in [0.15, 0.2) is 0 Å². The molecule has 0 radical (unpaired) electrons. The van der Waals surface area contributed by atoms with Crippen molar-refractivity contribution in [1.82, 2.24) is 5.09 Å². The summed E-state index contributed by atoms with van der Waals surface area (Å²) in [6.07, 6.45) is 7.48. The summed E-state index contributed by atoms with van der Waals surface area (Å²) in [4.78, 5) is 10.2. The molecule has 0 aromatic heterocycles. The van der Waals surface area contributed by atoms with Crippen LogP contribution in [-0.4, -0.2) is 23.6 Å². The van der Waals surface area contributed by atoms with Crippen LogP contribution in [0.25, 0.3) is 0 Å². The van der Waals surface area contributed by atoms with E-state index in [0.29, 0.717) is 13.2 Å². The van der Waals surface area contributed by atoms with Gasteiger partial charge in [-0.15, -0.1) is 0 Å². The molecule has 0 heterocycles. The smallest absolute Gasteiger partial charge is 0.324 e. The topological polar surface area (TPSA) is 60.0 Å². The number of nitrogens with one attached hydrogen (secondary N) is 1. The van der Waals surface area contributed by atoms with Crippen LogP contribution < -0.4 is 5.09 Å². The summed E-state index contributed by atoms with van der Waals surface area (Å²) in [6, 6.07) is 0. The highest BCUT2D eigenvalue weighted by molar-refractivity contribution is 8.15. The second-order valence-electron chi connectivity index (χ2n) is 7.19. The summed E-state index contributed by atoms with van der Waals surface area (Å²) in [6.45, 7) is -1.84. The van der Waals surface area contributed by atoms with E-state index in [1.54, 1.807) is 6.92 Å². The normalized spacial score (nSPS) is 40.7. The van der Waals surface area contributed by atoms with E-state index >= 15 is 0 Å². The maximum Gasteiger partial charge on any atom is 0.331 e. The van der Waals surface area contributed by atoms with Crippen LogP contribution in [0.5, 0.6) is 0 Å². The van der Waals surface area contributed by atoms with Crippen LogP contribution in [-0.2, 0) is 37.0 Å². The summed E-state index contributed by atoms with van der Waals surface area (Å²) in [5.74, 6) is 2.38. The predicted octanol–water partition coefficient (Wildman–Crippen LogP) is 4.08. The zero-order valence-electron chi connectivity index (χ0n) is 13.8. The van der Waals surface area contributed by atoms with Crippen molar-refractivity contribution in [1.29, 1.82) is 0 Å². The molecule has 4 saturated carbocycles. The van der Waals surface area contributed by atoms with Crippen molar-refractivity contribution < 1.29 is 18.3 Å². The van der Waals surface area contributed by atoms with E-state index < -0.39 is 13.4 Å². The van der Waals surface area contributed by atoms with Gasteiger partial charge < -0.3 is 13.9 Å². The van der Waals surface area contributed by atoms with Crippen LogP contribution >= 0.6 is 13.4 Å². The summed E-state index contributed by atoms with van der Waals surface area (Å²) in [7, 11) is 0. The van der Waals surface area contributed by atoms with Crippen molar-refractivity contribution >= 4 is 37.0 Å². The molecular formula is C14H27NO4P2S2. The van der Waals surface area contributed by atoms with Crippen LogP contribution in [0.4, 0.5) is 0 Å². The molecule has 0 aromatic rings.